The fourth-order valence-electron chi connectivity index (χ4n) is 1.07. The molecule has 0 spiro atoms. The van der Waals surface area contributed by atoms with Crippen LogP contribution in [0.3, 0.4) is 0 Å². The number of oxazole rings is 1. The molecule has 1 heterocycles. The second-order valence-electron chi connectivity index (χ2n) is 2.65. The van der Waals surface area contributed by atoms with Gasteiger partial charge in [0.15, 0.2) is 6.39 Å². The van der Waals surface area contributed by atoms with Crippen LogP contribution in [0.1, 0.15) is 0 Å². The van der Waals surface area contributed by atoms with Gasteiger partial charge in [-0.1, -0.05) is 0 Å². The van der Waals surface area contributed by atoms with E-state index in [0.29, 0.717) is 11.4 Å². The van der Waals surface area contributed by atoms with Gasteiger partial charge in [-0.25, -0.2) is 4.98 Å². The smallest absolute Gasteiger partial charge is 0.181 e. The number of phenolic OH excluding ortho intramolecular Hbond substituents is 1. The van der Waals surface area contributed by atoms with Crippen LogP contribution in [0.25, 0.3) is 11.3 Å². The van der Waals surface area contributed by atoms with E-state index in [-0.39, 0.29) is 5.75 Å². The van der Waals surface area contributed by atoms with Crippen LogP contribution >= 0.6 is 0 Å². The van der Waals surface area contributed by atoms with E-state index in [9.17, 15) is 5.11 Å². The Kier molecular flexibility index (Phi) is 1.66. The summed E-state index contributed by atoms with van der Waals surface area (Å²) in [6.45, 7) is 0. The molecule has 0 saturated carbocycles. The van der Waals surface area contributed by atoms with Crippen molar-refractivity contribution >= 4 is 5.69 Å². The highest BCUT2D eigenvalue weighted by Gasteiger charge is 2.03. The maximum Gasteiger partial charge on any atom is 0.181 e. The molecule has 0 saturated heterocycles. The maximum absolute atomic E-state index is 9.17. The Hall–Kier alpha value is -1.97. The van der Waals surface area contributed by atoms with Crippen LogP contribution in [0.5, 0.6) is 5.75 Å². The lowest BCUT2D eigenvalue weighted by Crippen LogP contribution is -1.86. The van der Waals surface area contributed by atoms with Crippen LogP contribution in [-0.4, -0.2) is 10.1 Å². The van der Waals surface area contributed by atoms with Crippen LogP contribution < -0.4 is 5.73 Å². The molecular weight excluding hydrogens is 168 g/mol. The summed E-state index contributed by atoms with van der Waals surface area (Å²) >= 11 is 0. The molecule has 2 aromatic rings. The van der Waals surface area contributed by atoms with Gasteiger partial charge in [0.05, 0.1) is 5.69 Å². The van der Waals surface area contributed by atoms with Crippen molar-refractivity contribution in [1.29, 1.82) is 0 Å². The molecular formula is C9H8N2O2. The van der Waals surface area contributed by atoms with Crippen molar-refractivity contribution in [2.45, 2.75) is 0 Å². The third-order valence-corrected chi connectivity index (χ3v) is 1.76. The fraction of sp³-hybridized carbons (Fsp3) is 0. The monoisotopic (exact) mass is 176 g/mol. The molecule has 0 fully saturated rings. The van der Waals surface area contributed by atoms with E-state index in [1.165, 1.54) is 18.7 Å². The summed E-state index contributed by atoms with van der Waals surface area (Å²) in [7, 11) is 0. The number of aromatic hydroxyl groups is 1. The Morgan fingerprint density at radius 1 is 1.38 bits per heavy atom. The Labute approximate surface area is 74.6 Å². The van der Waals surface area contributed by atoms with Gasteiger partial charge >= 0.3 is 0 Å². The first-order valence-electron chi connectivity index (χ1n) is 3.74. The van der Waals surface area contributed by atoms with Crippen LogP contribution in [-0.2, 0) is 0 Å². The minimum atomic E-state index is 0.0762. The minimum Gasteiger partial charge on any atom is -0.506 e. The number of phenols is 1. The van der Waals surface area contributed by atoms with Gasteiger partial charge in [0.1, 0.15) is 17.7 Å². The first-order chi connectivity index (χ1) is 6.27. The standard InChI is InChI=1S/C9H8N2O2/c10-7-3-6(1-2-9(7)12)8-4-13-5-11-8/h1-5,12H,10H2. The summed E-state index contributed by atoms with van der Waals surface area (Å²) in [4.78, 5) is 3.95. The summed E-state index contributed by atoms with van der Waals surface area (Å²) in [5.74, 6) is 0.0762. The van der Waals surface area contributed by atoms with Crippen molar-refractivity contribution in [3.8, 4) is 17.0 Å². The molecule has 0 aliphatic carbocycles. The summed E-state index contributed by atoms with van der Waals surface area (Å²) in [5, 5.41) is 9.17. The highest BCUT2D eigenvalue weighted by molar-refractivity contribution is 5.67. The fourth-order valence-corrected chi connectivity index (χ4v) is 1.07. The molecule has 0 bridgehead atoms. The van der Waals surface area contributed by atoms with Gasteiger partial charge in [0.25, 0.3) is 0 Å². The lowest BCUT2D eigenvalue weighted by atomic mass is 10.1. The van der Waals surface area contributed by atoms with E-state index >= 15 is 0 Å². The van der Waals surface area contributed by atoms with Gasteiger partial charge < -0.3 is 15.3 Å². The first-order valence-corrected chi connectivity index (χ1v) is 3.74. The molecule has 0 amide bonds. The van der Waals surface area contributed by atoms with Crippen LogP contribution in [0, 0.1) is 0 Å². The molecule has 0 atom stereocenters. The molecule has 0 unspecified atom stereocenters. The van der Waals surface area contributed by atoms with Gasteiger partial charge in [0.2, 0.25) is 0 Å². The number of rotatable bonds is 1. The highest BCUT2D eigenvalue weighted by atomic mass is 16.3. The summed E-state index contributed by atoms with van der Waals surface area (Å²) in [5.41, 5.74) is 7.38. The van der Waals surface area contributed by atoms with E-state index in [2.05, 4.69) is 4.98 Å². The van der Waals surface area contributed by atoms with Gasteiger partial charge in [-0.3, -0.25) is 0 Å². The third kappa shape index (κ3) is 1.33. The second kappa shape index (κ2) is 2.82. The number of nitrogen functional groups attached to an aromatic ring is 1. The SMILES string of the molecule is Nc1cc(-c2cocn2)ccc1O. The molecule has 66 valence electrons. The Morgan fingerprint density at radius 3 is 2.85 bits per heavy atom. The molecule has 13 heavy (non-hydrogen) atoms. The van der Waals surface area contributed by atoms with E-state index in [0.717, 1.165) is 5.56 Å². The maximum atomic E-state index is 9.17. The number of aromatic nitrogens is 1. The highest BCUT2D eigenvalue weighted by Crippen LogP contribution is 2.26. The quantitative estimate of drug-likeness (QED) is 0.511. The molecule has 3 N–H and O–H groups in total. The molecule has 0 aliphatic heterocycles. The largest absolute Gasteiger partial charge is 0.506 e. The van der Waals surface area contributed by atoms with E-state index < -0.39 is 0 Å². The average Bonchev–Trinajstić information content (AvgIpc) is 2.62. The number of nitrogens with two attached hydrogens (primary N) is 1. The zero-order chi connectivity index (χ0) is 9.26. The van der Waals surface area contributed by atoms with Gasteiger partial charge in [-0.2, -0.15) is 0 Å². The topological polar surface area (TPSA) is 72.3 Å². The van der Waals surface area contributed by atoms with Crippen molar-refractivity contribution in [1.82, 2.24) is 4.98 Å². The van der Waals surface area contributed by atoms with Gasteiger partial charge in [-0.15, -0.1) is 0 Å². The molecule has 2 rings (SSSR count). The molecule has 1 aromatic heterocycles. The number of benzene rings is 1. The molecule has 1 aromatic carbocycles. The van der Waals surface area contributed by atoms with E-state index in [1.54, 1.807) is 12.1 Å². The molecule has 4 heteroatoms. The zero-order valence-corrected chi connectivity index (χ0v) is 6.77. The Bertz CT molecular complexity index is 410. The van der Waals surface area contributed by atoms with Crippen LogP contribution in [0.4, 0.5) is 5.69 Å². The minimum absolute atomic E-state index is 0.0762. The van der Waals surface area contributed by atoms with Crippen LogP contribution in [0.2, 0.25) is 0 Å². The Balaban J connectivity index is 2.49. The van der Waals surface area contributed by atoms with Crippen LogP contribution in [0.15, 0.2) is 35.3 Å². The average molecular weight is 176 g/mol. The van der Waals surface area contributed by atoms with Gasteiger partial charge in [-0.05, 0) is 18.2 Å². The van der Waals surface area contributed by atoms with Crippen molar-refractivity contribution in [3.63, 3.8) is 0 Å². The third-order valence-electron chi connectivity index (χ3n) is 1.76. The van der Waals surface area contributed by atoms with E-state index in [1.807, 2.05) is 0 Å². The van der Waals surface area contributed by atoms with E-state index in [4.69, 9.17) is 10.2 Å². The lowest BCUT2D eigenvalue weighted by molar-refractivity contribution is 0.478. The van der Waals surface area contributed by atoms with Crippen molar-refractivity contribution in [2.24, 2.45) is 0 Å². The number of nitrogens with zero attached hydrogens (tertiary/aromatic N) is 1. The predicted molar refractivity (Wildman–Crippen MR) is 48.0 cm³/mol. The van der Waals surface area contributed by atoms with Crippen molar-refractivity contribution in [3.05, 3.63) is 30.9 Å². The lowest BCUT2D eigenvalue weighted by Gasteiger charge is -2.00. The zero-order valence-electron chi connectivity index (χ0n) is 6.77. The second-order valence-corrected chi connectivity index (χ2v) is 2.65. The van der Waals surface area contributed by atoms with Crippen molar-refractivity contribution < 1.29 is 9.52 Å². The normalized spacial score (nSPS) is 10.2. The Morgan fingerprint density at radius 2 is 2.23 bits per heavy atom. The predicted octanol–water partition coefficient (Wildman–Crippen LogP) is 1.63. The number of hydrogen-bond donors (Lipinski definition) is 2. The molecule has 0 aliphatic rings. The molecule has 4 nitrogen and oxygen atoms in total. The van der Waals surface area contributed by atoms with Gasteiger partial charge in [0, 0.05) is 5.56 Å². The first kappa shape index (κ1) is 7.67. The number of anilines is 1. The number of hydrogen-bond acceptors (Lipinski definition) is 4. The summed E-state index contributed by atoms with van der Waals surface area (Å²) < 4.78 is 4.82. The molecule has 0 radical (unpaired) electrons. The summed E-state index contributed by atoms with van der Waals surface area (Å²) in [6.07, 6.45) is 2.87. The summed E-state index contributed by atoms with van der Waals surface area (Å²) in [6, 6.07) is 4.90. The van der Waals surface area contributed by atoms with Crippen molar-refractivity contribution in [2.75, 3.05) is 5.73 Å².